The highest BCUT2D eigenvalue weighted by atomic mass is 15.3. The molecule has 0 fully saturated rings. The first-order valence-electron chi connectivity index (χ1n) is 6.12. The van der Waals surface area contributed by atoms with Crippen LogP contribution in [-0.2, 0) is 13.1 Å². The van der Waals surface area contributed by atoms with Gasteiger partial charge in [-0.2, -0.15) is 0 Å². The topological polar surface area (TPSA) is 81.7 Å². The lowest BCUT2D eigenvalue weighted by Crippen LogP contribution is -2.07. The standard InChI is InChI=1S/C12H18N6/c1-3-14-12-17-16-11(18(12)4-2)9-5-6-15-10(7-9)8-13/h5-7H,3-4,8,13H2,1-2H3,(H,14,17). The molecule has 6 heteroatoms. The van der Waals surface area contributed by atoms with E-state index in [1.165, 1.54) is 0 Å². The number of pyridine rings is 1. The zero-order valence-corrected chi connectivity index (χ0v) is 10.7. The number of aromatic nitrogens is 4. The van der Waals surface area contributed by atoms with Crippen LogP contribution in [0.2, 0.25) is 0 Å². The summed E-state index contributed by atoms with van der Waals surface area (Å²) in [6.45, 7) is 6.16. The van der Waals surface area contributed by atoms with Gasteiger partial charge in [-0.05, 0) is 26.0 Å². The molecule has 2 aromatic rings. The van der Waals surface area contributed by atoms with Crippen LogP contribution >= 0.6 is 0 Å². The summed E-state index contributed by atoms with van der Waals surface area (Å²) < 4.78 is 2.04. The SMILES string of the molecule is CCNc1nnc(-c2ccnc(CN)c2)n1CC. The molecule has 0 saturated carbocycles. The van der Waals surface area contributed by atoms with Crippen LogP contribution in [0.3, 0.4) is 0 Å². The quantitative estimate of drug-likeness (QED) is 0.829. The lowest BCUT2D eigenvalue weighted by molar-refractivity contribution is 0.770. The first-order chi connectivity index (χ1) is 8.80. The Bertz CT molecular complexity index is 519. The van der Waals surface area contributed by atoms with Crippen molar-refractivity contribution in [3.8, 4) is 11.4 Å². The van der Waals surface area contributed by atoms with Gasteiger partial charge in [0.15, 0.2) is 5.82 Å². The van der Waals surface area contributed by atoms with E-state index in [9.17, 15) is 0 Å². The van der Waals surface area contributed by atoms with Gasteiger partial charge in [0.2, 0.25) is 5.95 Å². The minimum absolute atomic E-state index is 0.425. The lowest BCUT2D eigenvalue weighted by Gasteiger charge is -2.08. The number of nitrogens with two attached hydrogens (primary N) is 1. The first kappa shape index (κ1) is 12.5. The summed E-state index contributed by atoms with van der Waals surface area (Å²) in [4.78, 5) is 4.18. The van der Waals surface area contributed by atoms with Gasteiger partial charge in [-0.1, -0.05) is 0 Å². The normalized spacial score (nSPS) is 10.6. The van der Waals surface area contributed by atoms with E-state index in [1.807, 2.05) is 23.6 Å². The largest absolute Gasteiger partial charge is 0.355 e. The van der Waals surface area contributed by atoms with E-state index in [4.69, 9.17) is 5.73 Å². The third-order valence-corrected chi connectivity index (χ3v) is 2.69. The highest BCUT2D eigenvalue weighted by Crippen LogP contribution is 2.20. The molecule has 0 aliphatic rings. The van der Waals surface area contributed by atoms with Crippen LogP contribution in [0.1, 0.15) is 19.5 Å². The van der Waals surface area contributed by atoms with E-state index >= 15 is 0 Å². The highest BCUT2D eigenvalue weighted by molar-refractivity contribution is 5.57. The molecule has 0 saturated heterocycles. The number of anilines is 1. The van der Waals surface area contributed by atoms with E-state index in [-0.39, 0.29) is 0 Å². The van der Waals surface area contributed by atoms with Crippen molar-refractivity contribution in [2.75, 3.05) is 11.9 Å². The van der Waals surface area contributed by atoms with Crippen molar-refractivity contribution in [3.63, 3.8) is 0 Å². The maximum atomic E-state index is 5.60. The van der Waals surface area contributed by atoms with Crippen molar-refractivity contribution in [2.45, 2.75) is 26.9 Å². The van der Waals surface area contributed by atoms with Crippen LogP contribution in [0.4, 0.5) is 5.95 Å². The molecule has 3 N–H and O–H groups in total. The predicted molar refractivity (Wildman–Crippen MR) is 71.0 cm³/mol. The summed E-state index contributed by atoms with van der Waals surface area (Å²) in [6.07, 6.45) is 1.75. The van der Waals surface area contributed by atoms with Gasteiger partial charge < -0.3 is 11.1 Å². The first-order valence-corrected chi connectivity index (χ1v) is 6.12. The van der Waals surface area contributed by atoms with Gasteiger partial charge in [-0.25, -0.2) is 0 Å². The summed E-state index contributed by atoms with van der Waals surface area (Å²) in [5.41, 5.74) is 7.44. The average Bonchev–Trinajstić information content (AvgIpc) is 2.82. The summed E-state index contributed by atoms with van der Waals surface area (Å²) in [7, 11) is 0. The fraction of sp³-hybridized carbons (Fsp3) is 0.417. The maximum absolute atomic E-state index is 5.60. The molecule has 0 amide bonds. The molecule has 96 valence electrons. The van der Waals surface area contributed by atoms with Crippen LogP contribution < -0.4 is 11.1 Å². The summed E-state index contributed by atoms with van der Waals surface area (Å²) in [5, 5.41) is 11.6. The number of hydrogen-bond donors (Lipinski definition) is 2. The second-order valence-electron chi connectivity index (χ2n) is 3.86. The Balaban J connectivity index is 2.43. The number of hydrogen-bond acceptors (Lipinski definition) is 5. The minimum atomic E-state index is 0.425. The molecule has 2 aromatic heterocycles. The molecule has 0 atom stereocenters. The number of rotatable bonds is 5. The third kappa shape index (κ3) is 2.33. The van der Waals surface area contributed by atoms with E-state index in [1.54, 1.807) is 6.20 Å². The van der Waals surface area contributed by atoms with E-state index in [2.05, 4.69) is 27.4 Å². The van der Waals surface area contributed by atoms with Gasteiger partial charge in [-0.15, -0.1) is 10.2 Å². The Labute approximate surface area is 106 Å². The van der Waals surface area contributed by atoms with E-state index in [0.717, 1.165) is 36.1 Å². The summed E-state index contributed by atoms with van der Waals surface area (Å²) in [5.74, 6) is 1.63. The molecule has 18 heavy (non-hydrogen) atoms. The van der Waals surface area contributed by atoms with Crippen LogP contribution in [0, 0.1) is 0 Å². The fourth-order valence-electron chi connectivity index (χ4n) is 1.83. The Morgan fingerprint density at radius 1 is 1.33 bits per heavy atom. The molecule has 2 rings (SSSR count). The third-order valence-electron chi connectivity index (χ3n) is 2.69. The van der Waals surface area contributed by atoms with Crippen LogP contribution in [0.25, 0.3) is 11.4 Å². The monoisotopic (exact) mass is 246 g/mol. The molecule has 2 heterocycles. The van der Waals surface area contributed by atoms with Crippen molar-refractivity contribution < 1.29 is 0 Å². The predicted octanol–water partition coefficient (Wildman–Crippen LogP) is 1.25. The smallest absolute Gasteiger partial charge is 0.224 e. The molecular weight excluding hydrogens is 228 g/mol. The highest BCUT2D eigenvalue weighted by Gasteiger charge is 2.12. The van der Waals surface area contributed by atoms with Crippen LogP contribution in [0.5, 0.6) is 0 Å². The molecule has 0 bridgehead atoms. The Morgan fingerprint density at radius 3 is 2.83 bits per heavy atom. The average molecular weight is 246 g/mol. The van der Waals surface area contributed by atoms with Crippen molar-refractivity contribution in [2.24, 2.45) is 5.73 Å². The van der Waals surface area contributed by atoms with E-state index < -0.39 is 0 Å². The van der Waals surface area contributed by atoms with Gasteiger partial charge in [0.25, 0.3) is 0 Å². The Kier molecular flexibility index (Phi) is 3.88. The molecule has 0 aliphatic heterocycles. The fourth-order valence-corrected chi connectivity index (χ4v) is 1.83. The summed E-state index contributed by atoms with van der Waals surface area (Å²) >= 11 is 0. The molecule has 0 unspecified atom stereocenters. The molecule has 0 radical (unpaired) electrons. The Hall–Kier alpha value is -1.95. The van der Waals surface area contributed by atoms with Crippen LogP contribution in [-0.4, -0.2) is 26.3 Å². The van der Waals surface area contributed by atoms with Gasteiger partial charge in [0.1, 0.15) is 0 Å². The number of nitrogens with zero attached hydrogens (tertiary/aromatic N) is 4. The number of nitrogens with one attached hydrogen (secondary N) is 1. The van der Waals surface area contributed by atoms with Crippen molar-refractivity contribution in [1.82, 2.24) is 19.7 Å². The maximum Gasteiger partial charge on any atom is 0.224 e. The van der Waals surface area contributed by atoms with Crippen molar-refractivity contribution in [1.29, 1.82) is 0 Å². The minimum Gasteiger partial charge on any atom is -0.355 e. The Morgan fingerprint density at radius 2 is 2.17 bits per heavy atom. The zero-order chi connectivity index (χ0) is 13.0. The van der Waals surface area contributed by atoms with Crippen molar-refractivity contribution in [3.05, 3.63) is 24.0 Å². The summed E-state index contributed by atoms with van der Waals surface area (Å²) in [6, 6.07) is 3.87. The van der Waals surface area contributed by atoms with Gasteiger partial charge in [0.05, 0.1) is 5.69 Å². The lowest BCUT2D eigenvalue weighted by atomic mass is 10.2. The van der Waals surface area contributed by atoms with Crippen LogP contribution in [0.15, 0.2) is 18.3 Å². The molecule has 0 aliphatic carbocycles. The zero-order valence-electron chi connectivity index (χ0n) is 10.7. The molecule has 0 spiro atoms. The van der Waals surface area contributed by atoms with E-state index in [0.29, 0.717) is 6.54 Å². The van der Waals surface area contributed by atoms with Gasteiger partial charge in [0, 0.05) is 31.4 Å². The second kappa shape index (κ2) is 5.59. The second-order valence-corrected chi connectivity index (χ2v) is 3.86. The molecular formula is C12H18N6. The molecule has 6 nitrogen and oxygen atoms in total. The van der Waals surface area contributed by atoms with Gasteiger partial charge in [-0.3, -0.25) is 9.55 Å². The molecule has 0 aromatic carbocycles. The van der Waals surface area contributed by atoms with Gasteiger partial charge >= 0.3 is 0 Å². The van der Waals surface area contributed by atoms with Crippen molar-refractivity contribution >= 4 is 5.95 Å².